The van der Waals surface area contributed by atoms with Gasteiger partial charge in [0.1, 0.15) is 11.5 Å². The quantitative estimate of drug-likeness (QED) is 0.797. The number of amides is 2. The van der Waals surface area contributed by atoms with Crippen LogP contribution in [0.1, 0.15) is 51.8 Å². The third-order valence-corrected chi connectivity index (χ3v) is 6.97. The highest BCUT2D eigenvalue weighted by atomic mass is 32.2. The zero-order valence-corrected chi connectivity index (χ0v) is 16.5. The van der Waals surface area contributed by atoms with Crippen molar-refractivity contribution in [2.45, 2.75) is 32.2 Å². The first-order chi connectivity index (χ1) is 13.3. The van der Waals surface area contributed by atoms with Gasteiger partial charge in [-0.25, -0.2) is 13.1 Å². The fourth-order valence-electron chi connectivity index (χ4n) is 3.78. The van der Waals surface area contributed by atoms with Gasteiger partial charge in [0.15, 0.2) is 9.84 Å². The van der Waals surface area contributed by atoms with Crippen molar-refractivity contribution < 1.29 is 18.0 Å². The Labute approximate surface area is 163 Å². The Hall–Kier alpha value is -2.62. The maximum atomic E-state index is 12.7. The SMILES string of the molecule is Cc1cc(NC(=O)c2c[nH]c(C(=O)N3CCCC3)c2)n(C2CCS(=O)(=O)C2)n1. The number of aryl methyl sites for hydroxylation is 1. The minimum atomic E-state index is -3.07. The van der Waals surface area contributed by atoms with Gasteiger partial charge >= 0.3 is 0 Å². The molecule has 2 N–H and O–H groups in total. The molecule has 10 heteroatoms. The van der Waals surface area contributed by atoms with Crippen LogP contribution in [-0.4, -0.2) is 64.5 Å². The summed E-state index contributed by atoms with van der Waals surface area (Å²) in [5.74, 6) is 0.130. The maximum absolute atomic E-state index is 12.7. The van der Waals surface area contributed by atoms with Crippen LogP contribution in [0.2, 0.25) is 0 Å². The highest BCUT2D eigenvalue weighted by Gasteiger charge is 2.31. The van der Waals surface area contributed by atoms with Gasteiger partial charge in [0, 0.05) is 25.4 Å². The Bertz CT molecular complexity index is 1020. The zero-order chi connectivity index (χ0) is 19.9. The number of aromatic amines is 1. The van der Waals surface area contributed by atoms with E-state index in [1.165, 1.54) is 6.20 Å². The van der Waals surface area contributed by atoms with Crippen LogP contribution in [-0.2, 0) is 9.84 Å². The molecule has 2 saturated heterocycles. The van der Waals surface area contributed by atoms with Crippen molar-refractivity contribution in [3.05, 3.63) is 35.3 Å². The van der Waals surface area contributed by atoms with Crippen LogP contribution in [0.4, 0.5) is 5.82 Å². The first-order valence-corrected chi connectivity index (χ1v) is 11.2. The number of anilines is 1. The molecule has 2 amide bonds. The molecule has 2 aromatic heterocycles. The molecule has 2 aromatic rings. The Balaban J connectivity index is 1.49. The summed E-state index contributed by atoms with van der Waals surface area (Å²) in [6, 6.07) is 2.97. The number of H-pyrrole nitrogens is 1. The molecule has 1 atom stereocenters. The first kappa shape index (κ1) is 18.7. The monoisotopic (exact) mass is 405 g/mol. The van der Waals surface area contributed by atoms with Crippen LogP contribution in [0.15, 0.2) is 18.3 Å². The molecule has 4 rings (SSSR count). The number of aromatic nitrogens is 3. The predicted octanol–water partition coefficient (Wildman–Crippen LogP) is 1.37. The summed E-state index contributed by atoms with van der Waals surface area (Å²) in [7, 11) is -3.07. The molecule has 0 saturated carbocycles. The van der Waals surface area contributed by atoms with Gasteiger partial charge in [-0.2, -0.15) is 5.10 Å². The summed E-state index contributed by atoms with van der Waals surface area (Å²) in [5, 5.41) is 7.16. The molecule has 1 unspecified atom stereocenters. The van der Waals surface area contributed by atoms with Gasteiger partial charge in [0.25, 0.3) is 11.8 Å². The van der Waals surface area contributed by atoms with Gasteiger partial charge in [-0.3, -0.25) is 9.59 Å². The number of rotatable bonds is 4. The molecule has 0 radical (unpaired) electrons. The molecular weight excluding hydrogens is 382 g/mol. The van der Waals surface area contributed by atoms with Crippen LogP contribution >= 0.6 is 0 Å². The van der Waals surface area contributed by atoms with Crippen molar-refractivity contribution in [1.29, 1.82) is 0 Å². The molecule has 28 heavy (non-hydrogen) atoms. The average molecular weight is 405 g/mol. The molecule has 0 aromatic carbocycles. The van der Waals surface area contributed by atoms with Crippen LogP contribution in [0.5, 0.6) is 0 Å². The number of hydrogen-bond donors (Lipinski definition) is 2. The van der Waals surface area contributed by atoms with E-state index in [2.05, 4.69) is 15.4 Å². The molecule has 2 aliphatic heterocycles. The van der Waals surface area contributed by atoms with Crippen molar-refractivity contribution in [2.24, 2.45) is 0 Å². The van der Waals surface area contributed by atoms with Crippen molar-refractivity contribution in [3.8, 4) is 0 Å². The molecule has 0 spiro atoms. The van der Waals surface area contributed by atoms with Gasteiger partial charge in [0.2, 0.25) is 0 Å². The van der Waals surface area contributed by atoms with E-state index >= 15 is 0 Å². The van der Waals surface area contributed by atoms with E-state index in [1.807, 2.05) is 0 Å². The summed E-state index contributed by atoms with van der Waals surface area (Å²) < 4.78 is 25.2. The topological polar surface area (TPSA) is 117 Å². The Morgan fingerprint density at radius 1 is 1.25 bits per heavy atom. The van der Waals surface area contributed by atoms with E-state index in [-0.39, 0.29) is 29.4 Å². The average Bonchev–Trinajstić information content (AvgIpc) is 3.40. The van der Waals surface area contributed by atoms with Crippen LogP contribution in [0.3, 0.4) is 0 Å². The third-order valence-electron chi connectivity index (χ3n) is 5.22. The lowest BCUT2D eigenvalue weighted by Gasteiger charge is -2.14. The van der Waals surface area contributed by atoms with E-state index in [9.17, 15) is 18.0 Å². The number of likely N-dealkylation sites (tertiary alicyclic amines) is 1. The lowest BCUT2D eigenvalue weighted by molar-refractivity contribution is 0.0787. The Morgan fingerprint density at radius 2 is 2.00 bits per heavy atom. The van der Waals surface area contributed by atoms with Gasteiger partial charge in [0.05, 0.1) is 28.8 Å². The van der Waals surface area contributed by atoms with E-state index < -0.39 is 9.84 Å². The molecule has 150 valence electrons. The predicted molar refractivity (Wildman–Crippen MR) is 103 cm³/mol. The van der Waals surface area contributed by atoms with Crippen LogP contribution < -0.4 is 5.32 Å². The van der Waals surface area contributed by atoms with Crippen molar-refractivity contribution in [2.75, 3.05) is 29.9 Å². The normalized spacial score (nSPS) is 21.2. The molecule has 0 bridgehead atoms. The highest BCUT2D eigenvalue weighted by molar-refractivity contribution is 7.91. The highest BCUT2D eigenvalue weighted by Crippen LogP contribution is 2.27. The first-order valence-electron chi connectivity index (χ1n) is 9.38. The Kier molecular flexibility index (Phi) is 4.74. The van der Waals surface area contributed by atoms with Gasteiger partial charge in [-0.05, 0) is 32.3 Å². The summed E-state index contributed by atoms with van der Waals surface area (Å²) in [6.45, 7) is 3.27. The number of carbonyl (C=O) groups excluding carboxylic acids is 2. The number of sulfone groups is 1. The number of nitrogens with one attached hydrogen (secondary N) is 2. The molecule has 2 fully saturated rings. The Morgan fingerprint density at radius 3 is 2.68 bits per heavy atom. The lowest BCUT2D eigenvalue weighted by Crippen LogP contribution is -2.27. The number of nitrogens with zero attached hydrogens (tertiary/aromatic N) is 3. The lowest BCUT2D eigenvalue weighted by atomic mass is 10.2. The second kappa shape index (κ2) is 7.08. The van der Waals surface area contributed by atoms with E-state index in [0.29, 0.717) is 29.2 Å². The molecular formula is C18H23N5O4S. The zero-order valence-electron chi connectivity index (χ0n) is 15.6. The fraction of sp³-hybridized carbons (Fsp3) is 0.500. The summed E-state index contributed by atoms with van der Waals surface area (Å²) in [4.78, 5) is 29.7. The smallest absolute Gasteiger partial charge is 0.270 e. The molecule has 2 aliphatic rings. The summed E-state index contributed by atoms with van der Waals surface area (Å²) in [5.41, 5.74) is 1.42. The third kappa shape index (κ3) is 3.68. The van der Waals surface area contributed by atoms with Crippen molar-refractivity contribution >= 4 is 27.5 Å². The largest absolute Gasteiger partial charge is 0.356 e. The minimum Gasteiger partial charge on any atom is -0.356 e. The second-order valence-corrected chi connectivity index (χ2v) is 9.66. The van der Waals surface area contributed by atoms with E-state index in [4.69, 9.17) is 0 Å². The molecule has 0 aliphatic carbocycles. The maximum Gasteiger partial charge on any atom is 0.270 e. The van der Waals surface area contributed by atoms with Crippen LogP contribution in [0, 0.1) is 6.92 Å². The summed E-state index contributed by atoms with van der Waals surface area (Å²) >= 11 is 0. The van der Waals surface area contributed by atoms with Gasteiger partial charge in [-0.15, -0.1) is 0 Å². The van der Waals surface area contributed by atoms with Crippen LogP contribution in [0.25, 0.3) is 0 Å². The number of carbonyl (C=O) groups is 2. The van der Waals surface area contributed by atoms with E-state index in [0.717, 1.165) is 25.9 Å². The molecule has 9 nitrogen and oxygen atoms in total. The fourth-order valence-corrected chi connectivity index (χ4v) is 5.48. The summed E-state index contributed by atoms with van der Waals surface area (Å²) in [6.07, 6.45) is 3.98. The standard InChI is InChI=1S/C18H23N5O4S/c1-12-8-16(23(21-12)14-4-7-28(26,27)11-14)20-17(24)13-9-15(19-10-13)18(25)22-5-2-3-6-22/h8-10,14,19H,2-7,11H2,1H3,(H,20,24). The van der Waals surface area contributed by atoms with Crippen molar-refractivity contribution in [1.82, 2.24) is 19.7 Å². The molecule has 4 heterocycles. The van der Waals surface area contributed by atoms with E-state index in [1.54, 1.807) is 28.6 Å². The van der Waals surface area contributed by atoms with Gasteiger partial charge in [-0.1, -0.05) is 0 Å². The van der Waals surface area contributed by atoms with Crippen molar-refractivity contribution in [3.63, 3.8) is 0 Å². The van der Waals surface area contributed by atoms with Gasteiger partial charge < -0.3 is 15.2 Å². The second-order valence-electron chi connectivity index (χ2n) is 7.43. The minimum absolute atomic E-state index is 0.0234. The number of hydrogen-bond acceptors (Lipinski definition) is 5.